The Balaban J connectivity index is 1.76. The first-order valence-electron chi connectivity index (χ1n) is 9.07. The SMILES string of the molecule is COc1ccc(CNC(=O)c2sc(=O)n(Cc3c(C)cccc3C)c2C)cc1. The second-order valence-electron chi connectivity index (χ2n) is 6.77. The number of benzene rings is 2. The van der Waals surface area contributed by atoms with Gasteiger partial charge in [-0.15, -0.1) is 0 Å². The first-order valence-corrected chi connectivity index (χ1v) is 9.88. The van der Waals surface area contributed by atoms with Crippen LogP contribution in [0.2, 0.25) is 0 Å². The first kappa shape index (κ1) is 19.9. The molecule has 1 amide bonds. The van der Waals surface area contributed by atoms with Gasteiger partial charge in [0.05, 0.1) is 13.7 Å². The molecule has 2 aromatic carbocycles. The van der Waals surface area contributed by atoms with Gasteiger partial charge in [-0.3, -0.25) is 14.2 Å². The van der Waals surface area contributed by atoms with E-state index in [0.717, 1.165) is 39.3 Å². The van der Waals surface area contributed by atoms with Crippen LogP contribution in [0.15, 0.2) is 47.3 Å². The third-order valence-corrected chi connectivity index (χ3v) is 6.00. The second kappa shape index (κ2) is 8.44. The maximum Gasteiger partial charge on any atom is 0.308 e. The van der Waals surface area contributed by atoms with Crippen molar-refractivity contribution in [3.8, 4) is 5.75 Å². The molecule has 0 saturated heterocycles. The summed E-state index contributed by atoms with van der Waals surface area (Å²) < 4.78 is 6.82. The smallest absolute Gasteiger partial charge is 0.308 e. The minimum absolute atomic E-state index is 0.116. The topological polar surface area (TPSA) is 60.3 Å². The van der Waals surface area contributed by atoms with E-state index in [9.17, 15) is 9.59 Å². The van der Waals surface area contributed by atoms with E-state index in [1.165, 1.54) is 0 Å². The van der Waals surface area contributed by atoms with Crippen LogP contribution in [-0.2, 0) is 13.1 Å². The van der Waals surface area contributed by atoms with Gasteiger partial charge in [0.15, 0.2) is 0 Å². The van der Waals surface area contributed by atoms with Crippen molar-refractivity contribution in [1.82, 2.24) is 9.88 Å². The zero-order chi connectivity index (χ0) is 20.3. The molecule has 0 unspecified atom stereocenters. The van der Waals surface area contributed by atoms with E-state index in [0.29, 0.717) is 23.7 Å². The largest absolute Gasteiger partial charge is 0.497 e. The average Bonchev–Trinajstić information content (AvgIpc) is 2.97. The van der Waals surface area contributed by atoms with Crippen LogP contribution in [0.1, 0.15) is 37.6 Å². The summed E-state index contributed by atoms with van der Waals surface area (Å²) in [7, 11) is 1.62. The molecule has 0 saturated carbocycles. The number of nitrogens with one attached hydrogen (secondary N) is 1. The maximum atomic E-state index is 12.6. The van der Waals surface area contributed by atoms with Gasteiger partial charge >= 0.3 is 4.87 Å². The lowest BCUT2D eigenvalue weighted by Crippen LogP contribution is -2.23. The van der Waals surface area contributed by atoms with Gasteiger partial charge in [0, 0.05) is 12.2 Å². The molecule has 146 valence electrons. The second-order valence-corrected chi connectivity index (χ2v) is 7.73. The number of thiazole rings is 1. The highest BCUT2D eigenvalue weighted by molar-refractivity contribution is 7.11. The summed E-state index contributed by atoms with van der Waals surface area (Å²) in [6, 6.07) is 13.6. The quantitative estimate of drug-likeness (QED) is 0.689. The molecule has 3 rings (SSSR count). The molecule has 0 aliphatic rings. The lowest BCUT2D eigenvalue weighted by molar-refractivity contribution is 0.0954. The minimum Gasteiger partial charge on any atom is -0.497 e. The summed E-state index contributed by atoms with van der Waals surface area (Å²) in [6.07, 6.45) is 0. The number of ether oxygens (including phenoxy) is 1. The Bertz CT molecular complexity index is 1030. The van der Waals surface area contributed by atoms with Crippen LogP contribution in [0.3, 0.4) is 0 Å². The van der Waals surface area contributed by atoms with Gasteiger partial charge in [-0.1, -0.05) is 41.7 Å². The Labute approximate surface area is 168 Å². The monoisotopic (exact) mass is 396 g/mol. The zero-order valence-corrected chi connectivity index (χ0v) is 17.4. The summed E-state index contributed by atoms with van der Waals surface area (Å²) in [4.78, 5) is 25.5. The average molecular weight is 397 g/mol. The Hall–Kier alpha value is -2.86. The van der Waals surface area contributed by atoms with E-state index >= 15 is 0 Å². The molecular weight excluding hydrogens is 372 g/mol. The minimum atomic E-state index is -0.226. The summed E-state index contributed by atoms with van der Waals surface area (Å²) in [5.41, 5.74) is 5.07. The predicted octanol–water partition coefficient (Wildman–Crippen LogP) is 3.82. The third-order valence-electron chi connectivity index (χ3n) is 4.92. The fraction of sp³-hybridized carbons (Fsp3) is 0.273. The molecule has 0 bridgehead atoms. The molecule has 1 aromatic heterocycles. The van der Waals surface area contributed by atoms with E-state index in [1.54, 1.807) is 11.7 Å². The van der Waals surface area contributed by atoms with Gasteiger partial charge in [0.2, 0.25) is 0 Å². The van der Waals surface area contributed by atoms with Crippen LogP contribution in [0.25, 0.3) is 0 Å². The number of carbonyl (C=O) groups is 1. The van der Waals surface area contributed by atoms with E-state index < -0.39 is 0 Å². The van der Waals surface area contributed by atoms with Gasteiger partial charge in [-0.05, 0) is 55.2 Å². The Morgan fingerprint density at radius 2 is 1.71 bits per heavy atom. The van der Waals surface area contributed by atoms with E-state index in [2.05, 4.69) is 5.32 Å². The third kappa shape index (κ3) is 4.17. The van der Waals surface area contributed by atoms with Crippen molar-refractivity contribution in [2.75, 3.05) is 7.11 Å². The summed E-state index contributed by atoms with van der Waals surface area (Å²) in [5.74, 6) is 0.545. The van der Waals surface area contributed by atoms with Gasteiger partial charge in [-0.25, -0.2) is 0 Å². The number of aromatic nitrogens is 1. The highest BCUT2D eigenvalue weighted by Gasteiger charge is 2.18. The lowest BCUT2D eigenvalue weighted by atomic mass is 10.0. The molecule has 6 heteroatoms. The zero-order valence-electron chi connectivity index (χ0n) is 16.5. The number of amides is 1. The van der Waals surface area contributed by atoms with Crippen LogP contribution >= 0.6 is 11.3 Å². The number of carbonyl (C=O) groups excluding carboxylic acids is 1. The fourth-order valence-corrected chi connectivity index (χ4v) is 4.04. The fourth-order valence-electron chi connectivity index (χ4n) is 3.13. The predicted molar refractivity (Wildman–Crippen MR) is 112 cm³/mol. The molecule has 0 atom stereocenters. The summed E-state index contributed by atoms with van der Waals surface area (Å²) in [6.45, 7) is 6.78. The van der Waals surface area contributed by atoms with Gasteiger partial charge in [0.1, 0.15) is 10.6 Å². The molecule has 3 aromatic rings. The van der Waals surface area contributed by atoms with Gasteiger partial charge in [-0.2, -0.15) is 0 Å². The van der Waals surface area contributed by atoms with Crippen molar-refractivity contribution in [1.29, 1.82) is 0 Å². The van der Waals surface area contributed by atoms with Crippen LogP contribution in [0.4, 0.5) is 0 Å². The molecule has 0 aliphatic heterocycles. The van der Waals surface area contributed by atoms with Crippen LogP contribution < -0.4 is 14.9 Å². The molecular formula is C22H24N2O3S. The maximum absolute atomic E-state index is 12.6. The summed E-state index contributed by atoms with van der Waals surface area (Å²) in [5, 5.41) is 2.90. The van der Waals surface area contributed by atoms with Crippen molar-refractivity contribution in [2.45, 2.75) is 33.9 Å². The van der Waals surface area contributed by atoms with Crippen molar-refractivity contribution in [3.05, 3.63) is 85.0 Å². The molecule has 0 aliphatic carbocycles. The van der Waals surface area contributed by atoms with Crippen molar-refractivity contribution in [3.63, 3.8) is 0 Å². The molecule has 1 heterocycles. The van der Waals surface area contributed by atoms with Crippen molar-refractivity contribution in [2.24, 2.45) is 0 Å². The Morgan fingerprint density at radius 1 is 1.07 bits per heavy atom. The Morgan fingerprint density at radius 3 is 2.32 bits per heavy atom. The normalized spacial score (nSPS) is 10.7. The molecule has 0 fully saturated rings. The molecule has 5 nitrogen and oxygen atoms in total. The van der Waals surface area contributed by atoms with Crippen LogP contribution in [0, 0.1) is 20.8 Å². The van der Waals surface area contributed by atoms with E-state index in [-0.39, 0.29) is 10.8 Å². The van der Waals surface area contributed by atoms with Gasteiger partial charge in [0.25, 0.3) is 5.91 Å². The van der Waals surface area contributed by atoms with E-state index in [1.807, 2.05) is 63.2 Å². The number of hydrogen-bond donors (Lipinski definition) is 1. The van der Waals surface area contributed by atoms with Crippen LogP contribution in [-0.4, -0.2) is 17.6 Å². The molecule has 28 heavy (non-hydrogen) atoms. The molecule has 0 radical (unpaired) electrons. The number of aryl methyl sites for hydroxylation is 2. The van der Waals surface area contributed by atoms with Crippen molar-refractivity contribution >= 4 is 17.2 Å². The van der Waals surface area contributed by atoms with E-state index in [4.69, 9.17) is 4.74 Å². The van der Waals surface area contributed by atoms with Crippen molar-refractivity contribution < 1.29 is 9.53 Å². The number of rotatable bonds is 6. The van der Waals surface area contributed by atoms with Gasteiger partial charge < -0.3 is 10.1 Å². The number of nitrogens with zero attached hydrogens (tertiary/aromatic N) is 1. The standard InChI is InChI=1S/C22H24N2O3S/c1-14-6-5-7-15(2)19(14)13-24-16(3)20(28-22(24)26)21(25)23-12-17-8-10-18(27-4)11-9-17/h5-11H,12-13H2,1-4H3,(H,23,25). The lowest BCUT2D eigenvalue weighted by Gasteiger charge is -2.12. The number of hydrogen-bond acceptors (Lipinski definition) is 4. The summed E-state index contributed by atoms with van der Waals surface area (Å²) >= 11 is 0.997. The highest BCUT2D eigenvalue weighted by atomic mass is 32.1. The molecule has 0 spiro atoms. The molecule has 1 N–H and O–H groups in total. The highest BCUT2D eigenvalue weighted by Crippen LogP contribution is 2.18. The first-order chi connectivity index (χ1) is 13.4. The number of methoxy groups -OCH3 is 1. The van der Waals surface area contributed by atoms with Crippen LogP contribution in [0.5, 0.6) is 5.75 Å². The Kier molecular flexibility index (Phi) is 5.99.